The van der Waals surface area contributed by atoms with E-state index in [0.717, 1.165) is 11.1 Å². The molecule has 0 aliphatic carbocycles. The van der Waals surface area contributed by atoms with Crippen LogP contribution in [0.2, 0.25) is 0 Å². The van der Waals surface area contributed by atoms with E-state index in [1.165, 1.54) is 0 Å². The van der Waals surface area contributed by atoms with Crippen LogP contribution in [0.1, 0.15) is 30.9 Å². The van der Waals surface area contributed by atoms with Gasteiger partial charge in [-0.25, -0.2) is 13.1 Å². The molecule has 0 atom stereocenters. The first-order valence-corrected chi connectivity index (χ1v) is 8.26. The number of sulfonamides is 1. The number of hydrogen-bond donors (Lipinski definition) is 2. The maximum Gasteiger partial charge on any atom is 0.241 e. The Morgan fingerprint density at radius 3 is 2.55 bits per heavy atom. The van der Waals surface area contributed by atoms with Crippen molar-refractivity contribution in [3.8, 4) is 0 Å². The van der Waals surface area contributed by atoms with Crippen molar-refractivity contribution in [2.75, 3.05) is 13.2 Å². The van der Waals surface area contributed by atoms with Crippen molar-refractivity contribution < 1.29 is 13.2 Å². The molecule has 5 nitrogen and oxygen atoms in total. The Bertz CT molecular complexity index is 578. The summed E-state index contributed by atoms with van der Waals surface area (Å²) in [5.41, 5.74) is 6.78. The van der Waals surface area contributed by atoms with E-state index in [9.17, 15) is 8.42 Å². The second-order valence-corrected chi connectivity index (χ2v) is 7.23. The zero-order valence-corrected chi connectivity index (χ0v) is 12.8. The lowest BCUT2D eigenvalue weighted by molar-refractivity contribution is 0.0537. The topological polar surface area (TPSA) is 81.4 Å². The zero-order valence-electron chi connectivity index (χ0n) is 12.0. The summed E-state index contributed by atoms with van der Waals surface area (Å²) < 4.78 is 33.2. The first-order chi connectivity index (χ1) is 9.36. The molecule has 1 saturated heterocycles. The average molecular weight is 298 g/mol. The Hall–Kier alpha value is -0.950. The fourth-order valence-corrected chi connectivity index (χ4v) is 4.14. The molecule has 0 unspecified atom stereocenters. The quantitative estimate of drug-likeness (QED) is 0.878. The van der Waals surface area contributed by atoms with E-state index < -0.39 is 15.6 Å². The second-order valence-electron chi connectivity index (χ2n) is 5.58. The van der Waals surface area contributed by atoms with E-state index in [2.05, 4.69) is 4.72 Å². The molecule has 20 heavy (non-hydrogen) atoms. The Morgan fingerprint density at radius 1 is 1.35 bits per heavy atom. The molecule has 0 bridgehead atoms. The van der Waals surface area contributed by atoms with Crippen molar-refractivity contribution in [2.24, 2.45) is 5.73 Å². The first kappa shape index (κ1) is 15.4. The highest BCUT2D eigenvalue weighted by atomic mass is 32.2. The van der Waals surface area contributed by atoms with Crippen molar-refractivity contribution >= 4 is 10.0 Å². The van der Waals surface area contributed by atoms with E-state index in [4.69, 9.17) is 10.5 Å². The van der Waals surface area contributed by atoms with Crippen LogP contribution in [0.25, 0.3) is 0 Å². The molecule has 0 amide bonds. The third kappa shape index (κ3) is 3.38. The summed E-state index contributed by atoms with van der Waals surface area (Å²) in [4.78, 5) is 0.322. The second kappa shape index (κ2) is 5.81. The number of ether oxygens (including phenoxy) is 1. The Labute approximate surface area is 120 Å². The van der Waals surface area contributed by atoms with Crippen LogP contribution < -0.4 is 10.5 Å². The van der Waals surface area contributed by atoms with Gasteiger partial charge in [0.25, 0.3) is 0 Å². The lowest BCUT2D eigenvalue weighted by atomic mass is 9.94. The molecule has 1 aromatic rings. The van der Waals surface area contributed by atoms with Crippen LogP contribution >= 0.6 is 0 Å². The van der Waals surface area contributed by atoms with Crippen molar-refractivity contribution in [1.82, 2.24) is 4.72 Å². The minimum Gasteiger partial charge on any atom is -0.381 e. The standard InChI is InChI=1S/C14H22N2O3S/c1-11-9-12(10-15)3-4-13(11)20(17,18)16-14(2)5-7-19-8-6-14/h3-4,9,16H,5-8,10,15H2,1-2H3. The van der Waals surface area contributed by atoms with Crippen LogP contribution in [-0.2, 0) is 21.3 Å². The maximum atomic E-state index is 12.5. The van der Waals surface area contributed by atoms with Gasteiger partial charge in [-0.2, -0.15) is 0 Å². The summed E-state index contributed by atoms with van der Waals surface area (Å²) in [6.07, 6.45) is 1.37. The highest BCUT2D eigenvalue weighted by Crippen LogP contribution is 2.24. The van der Waals surface area contributed by atoms with Crippen molar-refractivity contribution in [3.05, 3.63) is 29.3 Å². The molecule has 0 saturated carbocycles. The molecule has 0 aromatic heterocycles. The third-order valence-corrected chi connectivity index (χ3v) is 5.54. The van der Waals surface area contributed by atoms with Gasteiger partial charge in [-0.15, -0.1) is 0 Å². The van der Waals surface area contributed by atoms with Gasteiger partial charge in [0, 0.05) is 25.3 Å². The molecule has 1 aromatic carbocycles. The van der Waals surface area contributed by atoms with Gasteiger partial charge in [-0.05, 0) is 43.9 Å². The molecule has 1 fully saturated rings. The molecule has 1 heterocycles. The molecule has 112 valence electrons. The van der Waals surface area contributed by atoms with Crippen LogP contribution in [0, 0.1) is 6.92 Å². The molecule has 6 heteroatoms. The van der Waals surface area contributed by atoms with E-state index in [-0.39, 0.29) is 0 Å². The lowest BCUT2D eigenvalue weighted by Gasteiger charge is -2.34. The van der Waals surface area contributed by atoms with E-state index >= 15 is 0 Å². The molecular weight excluding hydrogens is 276 g/mol. The summed E-state index contributed by atoms with van der Waals surface area (Å²) in [7, 11) is -3.52. The summed E-state index contributed by atoms with van der Waals surface area (Å²) >= 11 is 0. The molecular formula is C14H22N2O3S. The average Bonchev–Trinajstić information content (AvgIpc) is 2.37. The predicted molar refractivity (Wildman–Crippen MR) is 77.8 cm³/mol. The fourth-order valence-electron chi connectivity index (χ4n) is 2.44. The number of hydrogen-bond acceptors (Lipinski definition) is 4. The molecule has 0 spiro atoms. The SMILES string of the molecule is Cc1cc(CN)ccc1S(=O)(=O)NC1(C)CCOCC1. The molecule has 1 aliphatic rings. The first-order valence-electron chi connectivity index (χ1n) is 6.78. The summed E-state index contributed by atoms with van der Waals surface area (Å²) in [6, 6.07) is 5.21. The molecule has 1 aliphatic heterocycles. The van der Waals surface area contributed by atoms with Gasteiger partial charge in [0.05, 0.1) is 4.90 Å². The third-order valence-electron chi connectivity index (χ3n) is 3.74. The lowest BCUT2D eigenvalue weighted by Crippen LogP contribution is -2.49. The van der Waals surface area contributed by atoms with Crippen molar-refractivity contribution in [1.29, 1.82) is 0 Å². The van der Waals surface area contributed by atoms with Crippen molar-refractivity contribution in [3.63, 3.8) is 0 Å². The highest BCUT2D eigenvalue weighted by molar-refractivity contribution is 7.89. The van der Waals surface area contributed by atoms with E-state index in [1.54, 1.807) is 19.1 Å². The van der Waals surface area contributed by atoms with Gasteiger partial charge in [0.2, 0.25) is 10.0 Å². The van der Waals surface area contributed by atoms with Gasteiger partial charge in [0.15, 0.2) is 0 Å². The monoisotopic (exact) mass is 298 g/mol. The minimum atomic E-state index is -3.52. The summed E-state index contributed by atoms with van der Waals surface area (Å²) in [6.45, 7) is 5.30. The van der Waals surface area contributed by atoms with Crippen LogP contribution in [0.4, 0.5) is 0 Å². The molecule has 3 N–H and O–H groups in total. The van der Waals surface area contributed by atoms with Crippen LogP contribution in [-0.4, -0.2) is 27.2 Å². The Morgan fingerprint density at radius 2 is 2.00 bits per heavy atom. The maximum absolute atomic E-state index is 12.5. The molecule has 2 rings (SSSR count). The highest BCUT2D eigenvalue weighted by Gasteiger charge is 2.33. The fraction of sp³-hybridized carbons (Fsp3) is 0.571. The van der Waals surface area contributed by atoms with E-state index in [0.29, 0.717) is 37.5 Å². The number of nitrogens with two attached hydrogens (primary N) is 1. The van der Waals surface area contributed by atoms with Gasteiger partial charge in [-0.1, -0.05) is 12.1 Å². The molecule has 0 radical (unpaired) electrons. The van der Waals surface area contributed by atoms with Gasteiger partial charge < -0.3 is 10.5 Å². The van der Waals surface area contributed by atoms with Crippen LogP contribution in [0.15, 0.2) is 23.1 Å². The minimum absolute atomic E-state index is 0.322. The van der Waals surface area contributed by atoms with Gasteiger partial charge in [0.1, 0.15) is 0 Å². The largest absolute Gasteiger partial charge is 0.381 e. The smallest absolute Gasteiger partial charge is 0.241 e. The van der Waals surface area contributed by atoms with Crippen LogP contribution in [0.5, 0.6) is 0 Å². The summed E-state index contributed by atoms with van der Waals surface area (Å²) in [5, 5.41) is 0. The number of aryl methyl sites for hydroxylation is 1. The Balaban J connectivity index is 2.26. The number of rotatable bonds is 4. The van der Waals surface area contributed by atoms with Crippen molar-refractivity contribution in [2.45, 2.75) is 43.7 Å². The van der Waals surface area contributed by atoms with Crippen LogP contribution in [0.3, 0.4) is 0 Å². The van der Waals surface area contributed by atoms with E-state index in [1.807, 2.05) is 13.0 Å². The number of nitrogens with one attached hydrogen (secondary N) is 1. The summed E-state index contributed by atoms with van der Waals surface area (Å²) in [5.74, 6) is 0. The van der Waals surface area contributed by atoms with Gasteiger partial charge in [-0.3, -0.25) is 0 Å². The predicted octanol–water partition coefficient (Wildman–Crippen LogP) is 1.30. The van der Waals surface area contributed by atoms with Gasteiger partial charge >= 0.3 is 0 Å². The Kier molecular flexibility index (Phi) is 4.49. The zero-order chi connectivity index (χ0) is 14.8. The number of benzene rings is 1. The normalized spacial score (nSPS) is 18.9.